The van der Waals surface area contributed by atoms with Crippen molar-refractivity contribution >= 4 is 17.7 Å². The molecule has 0 aromatic carbocycles. The lowest BCUT2D eigenvalue weighted by Crippen LogP contribution is -1.98. The molecule has 12 heavy (non-hydrogen) atoms. The maximum atomic E-state index is 10.2. The van der Waals surface area contributed by atoms with E-state index in [-0.39, 0.29) is 17.1 Å². The molecule has 1 heterocycles. The third-order valence-electron chi connectivity index (χ3n) is 1.30. The first-order chi connectivity index (χ1) is 5.65. The van der Waals surface area contributed by atoms with Crippen molar-refractivity contribution in [3.05, 3.63) is 27.9 Å². The van der Waals surface area contributed by atoms with Gasteiger partial charge in [-0.3, -0.25) is 10.1 Å². The predicted octanol–water partition coefficient (Wildman–Crippen LogP) is 0.570. The summed E-state index contributed by atoms with van der Waals surface area (Å²) in [5.41, 5.74) is 5.40. The summed E-state index contributed by atoms with van der Waals surface area (Å²) in [7, 11) is 0. The first-order valence-corrected chi connectivity index (χ1v) is 3.05. The van der Waals surface area contributed by atoms with Gasteiger partial charge in [-0.25, -0.2) is 4.98 Å². The molecule has 0 spiro atoms. The number of nitrogens with one attached hydrogen (secondary N) is 1. The fourth-order valence-corrected chi connectivity index (χ4v) is 0.696. The quantitative estimate of drug-likeness (QED) is 0.380. The highest BCUT2D eigenvalue weighted by Gasteiger charge is 2.08. The zero-order chi connectivity index (χ0) is 9.14. The second kappa shape index (κ2) is 2.95. The molecule has 1 aromatic heterocycles. The predicted molar refractivity (Wildman–Crippen MR) is 43.2 cm³/mol. The fourth-order valence-electron chi connectivity index (χ4n) is 0.696. The maximum absolute atomic E-state index is 10.2. The van der Waals surface area contributed by atoms with E-state index in [1.54, 1.807) is 0 Å². The van der Waals surface area contributed by atoms with Crippen molar-refractivity contribution < 1.29 is 4.92 Å². The van der Waals surface area contributed by atoms with Crippen LogP contribution in [0.4, 0.5) is 11.5 Å². The molecular formula is C6H6N4O2. The van der Waals surface area contributed by atoms with Crippen molar-refractivity contribution in [1.82, 2.24) is 4.98 Å². The number of aromatic nitrogens is 1. The van der Waals surface area contributed by atoms with Gasteiger partial charge in [0.25, 0.3) is 5.69 Å². The van der Waals surface area contributed by atoms with E-state index in [1.807, 2.05) is 0 Å². The summed E-state index contributed by atoms with van der Waals surface area (Å²) in [6, 6.07) is 1.20. The van der Waals surface area contributed by atoms with Crippen molar-refractivity contribution in [3.63, 3.8) is 0 Å². The Kier molecular flexibility index (Phi) is 2.00. The van der Waals surface area contributed by atoms with E-state index >= 15 is 0 Å². The molecule has 1 aromatic rings. The minimum atomic E-state index is -0.584. The number of nitrogens with two attached hydrogens (primary N) is 1. The zero-order valence-corrected chi connectivity index (χ0v) is 6.02. The van der Waals surface area contributed by atoms with Crippen LogP contribution >= 0.6 is 0 Å². The van der Waals surface area contributed by atoms with Gasteiger partial charge in [0.05, 0.1) is 4.92 Å². The molecule has 0 radical (unpaired) electrons. The van der Waals surface area contributed by atoms with Gasteiger partial charge in [-0.1, -0.05) is 0 Å². The van der Waals surface area contributed by atoms with E-state index in [4.69, 9.17) is 11.1 Å². The van der Waals surface area contributed by atoms with Crippen molar-refractivity contribution in [3.8, 4) is 0 Å². The number of anilines is 1. The lowest BCUT2D eigenvalue weighted by atomic mass is 10.2. The van der Waals surface area contributed by atoms with Crippen LogP contribution in [0.2, 0.25) is 0 Å². The van der Waals surface area contributed by atoms with Crippen molar-refractivity contribution in [1.29, 1.82) is 5.41 Å². The molecule has 0 aliphatic carbocycles. The molecule has 62 valence electrons. The van der Waals surface area contributed by atoms with Crippen LogP contribution in [0.1, 0.15) is 5.56 Å². The van der Waals surface area contributed by atoms with E-state index in [0.29, 0.717) is 0 Å². The average Bonchev–Trinajstić information content (AvgIpc) is 2.05. The second-order valence-corrected chi connectivity index (χ2v) is 2.07. The van der Waals surface area contributed by atoms with Crippen LogP contribution in [0, 0.1) is 15.5 Å². The molecule has 0 saturated carbocycles. The normalized spacial score (nSPS) is 9.33. The van der Waals surface area contributed by atoms with Crippen LogP contribution in [0.15, 0.2) is 12.3 Å². The largest absolute Gasteiger partial charge is 0.383 e. The van der Waals surface area contributed by atoms with Crippen LogP contribution in [-0.2, 0) is 0 Å². The number of nitrogen functional groups attached to an aromatic ring is 1. The molecule has 0 aliphatic rings. The summed E-state index contributed by atoms with van der Waals surface area (Å²) >= 11 is 0. The van der Waals surface area contributed by atoms with Crippen molar-refractivity contribution in [2.75, 3.05) is 5.73 Å². The average molecular weight is 166 g/mol. The van der Waals surface area contributed by atoms with Gasteiger partial charge in [-0.05, 0) is 0 Å². The van der Waals surface area contributed by atoms with E-state index in [9.17, 15) is 10.1 Å². The third kappa shape index (κ3) is 1.36. The molecule has 0 bridgehead atoms. The molecule has 3 N–H and O–H groups in total. The number of hydrogen-bond acceptors (Lipinski definition) is 5. The van der Waals surface area contributed by atoms with Crippen LogP contribution in [-0.4, -0.2) is 16.1 Å². The van der Waals surface area contributed by atoms with Crippen LogP contribution < -0.4 is 5.73 Å². The highest BCUT2D eigenvalue weighted by atomic mass is 16.6. The summed E-state index contributed by atoms with van der Waals surface area (Å²) in [4.78, 5) is 13.2. The highest BCUT2D eigenvalue weighted by molar-refractivity contribution is 5.84. The molecule has 6 nitrogen and oxygen atoms in total. The van der Waals surface area contributed by atoms with Crippen LogP contribution in [0.5, 0.6) is 0 Å². The zero-order valence-electron chi connectivity index (χ0n) is 6.02. The molecule has 0 amide bonds. The Bertz CT molecular complexity index is 336. The maximum Gasteiger partial charge on any atom is 0.288 e. The van der Waals surface area contributed by atoms with Gasteiger partial charge in [0, 0.05) is 17.8 Å². The summed E-state index contributed by atoms with van der Waals surface area (Å²) < 4.78 is 0. The van der Waals surface area contributed by atoms with Crippen molar-refractivity contribution in [2.45, 2.75) is 0 Å². The standard InChI is InChI=1S/C6H6N4O2/c7-2-4-1-5(10(11)12)3-9-6(4)8/h1-3,7H,(H2,8,9). The molecule has 0 aliphatic heterocycles. The summed E-state index contributed by atoms with van der Waals surface area (Å²) in [5.74, 6) is 0.121. The molecule has 1 rings (SSSR count). The molecule has 0 atom stereocenters. The minimum Gasteiger partial charge on any atom is -0.383 e. The number of nitro groups is 1. The van der Waals surface area contributed by atoms with Gasteiger partial charge in [-0.2, -0.15) is 0 Å². The number of pyridine rings is 1. The fraction of sp³-hybridized carbons (Fsp3) is 0. The van der Waals surface area contributed by atoms with Gasteiger partial charge < -0.3 is 11.1 Å². The Morgan fingerprint density at radius 1 is 1.75 bits per heavy atom. The van der Waals surface area contributed by atoms with E-state index in [0.717, 1.165) is 12.4 Å². The Balaban J connectivity index is 3.22. The smallest absolute Gasteiger partial charge is 0.288 e. The Labute approximate surface area is 67.7 Å². The van der Waals surface area contributed by atoms with E-state index in [1.165, 1.54) is 6.07 Å². The lowest BCUT2D eigenvalue weighted by molar-refractivity contribution is -0.385. The van der Waals surface area contributed by atoms with Crippen LogP contribution in [0.25, 0.3) is 0 Å². The third-order valence-corrected chi connectivity index (χ3v) is 1.30. The Hall–Kier alpha value is -1.98. The molecule has 0 fully saturated rings. The van der Waals surface area contributed by atoms with Crippen molar-refractivity contribution in [2.24, 2.45) is 0 Å². The van der Waals surface area contributed by atoms with Gasteiger partial charge in [0.1, 0.15) is 12.0 Å². The van der Waals surface area contributed by atoms with Crippen LogP contribution in [0.3, 0.4) is 0 Å². The number of hydrogen-bond donors (Lipinski definition) is 2. The Morgan fingerprint density at radius 2 is 2.42 bits per heavy atom. The molecule has 6 heteroatoms. The number of rotatable bonds is 2. The highest BCUT2D eigenvalue weighted by Crippen LogP contribution is 2.14. The summed E-state index contributed by atoms with van der Waals surface area (Å²) in [5, 5.41) is 17.1. The second-order valence-electron chi connectivity index (χ2n) is 2.07. The summed E-state index contributed by atoms with van der Waals surface area (Å²) in [6.45, 7) is 0. The molecule has 0 saturated heterocycles. The van der Waals surface area contributed by atoms with Gasteiger partial charge in [0.2, 0.25) is 0 Å². The molecule has 0 unspecified atom stereocenters. The van der Waals surface area contributed by atoms with E-state index < -0.39 is 4.92 Å². The van der Waals surface area contributed by atoms with Gasteiger partial charge in [-0.15, -0.1) is 0 Å². The SMILES string of the molecule is N=Cc1cc([N+](=O)[O-])cnc1N. The van der Waals surface area contributed by atoms with E-state index in [2.05, 4.69) is 4.98 Å². The lowest BCUT2D eigenvalue weighted by Gasteiger charge is -1.96. The topological polar surface area (TPSA) is 106 Å². The van der Waals surface area contributed by atoms with Gasteiger partial charge >= 0.3 is 0 Å². The van der Waals surface area contributed by atoms with Gasteiger partial charge in [0.15, 0.2) is 0 Å². The number of nitrogens with zero attached hydrogens (tertiary/aromatic N) is 2. The Morgan fingerprint density at radius 3 is 2.92 bits per heavy atom. The first kappa shape index (κ1) is 8.12. The monoisotopic (exact) mass is 166 g/mol. The molecular weight excluding hydrogens is 160 g/mol. The first-order valence-electron chi connectivity index (χ1n) is 3.05. The summed E-state index contributed by atoms with van der Waals surface area (Å²) in [6.07, 6.45) is 1.98. The minimum absolute atomic E-state index is 0.121.